The summed E-state index contributed by atoms with van der Waals surface area (Å²) in [5.74, 6) is 0.757. The maximum absolute atomic E-state index is 5.95. The van der Waals surface area contributed by atoms with Crippen molar-refractivity contribution in [3.05, 3.63) is 0 Å². The molecule has 0 spiro atoms. The number of ether oxygens (including phenoxy) is 1. The maximum atomic E-state index is 5.95. The Balaban J connectivity index is 3.76. The van der Waals surface area contributed by atoms with Gasteiger partial charge in [0.25, 0.3) is 0 Å². The standard InChI is InChI=1S/C10H21ClO/c1-4-10(5-2,9-11)7-8-12-6-3/h4-9H2,1-3H3. The van der Waals surface area contributed by atoms with Gasteiger partial charge in [-0.25, -0.2) is 0 Å². The molecule has 0 aliphatic rings. The average Bonchev–Trinajstić information content (AvgIpc) is 2.14. The Morgan fingerprint density at radius 3 is 2.08 bits per heavy atom. The predicted molar refractivity (Wildman–Crippen MR) is 54.8 cm³/mol. The molecule has 74 valence electrons. The Morgan fingerprint density at radius 1 is 1.17 bits per heavy atom. The molecule has 0 aromatic carbocycles. The van der Waals surface area contributed by atoms with Gasteiger partial charge in [-0.3, -0.25) is 0 Å². The molecule has 0 heterocycles. The second kappa shape index (κ2) is 6.73. The molecule has 0 radical (unpaired) electrons. The summed E-state index contributed by atoms with van der Waals surface area (Å²) in [4.78, 5) is 0. The van der Waals surface area contributed by atoms with Crippen LogP contribution in [0.15, 0.2) is 0 Å². The molecule has 1 nitrogen and oxygen atoms in total. The van der Waals surface area contributed by atoms with Gasteiger partial charge in [0.2, 0.25) is 0 Å². The van der Waals surface area contributed by atoms with Crippen LogP contribution in [0.2, 0.25) is 0 Å². The van der Waals surface area contributed by atoms with Crippen LogP contribution in [0.4, 0.5) is 0 Å². The summed E-state index contributed by atoms with van der Waals surface area (Å²) in [6.07, 6.45) is 3.40. The highest BCUT2D eigenvalue weighted by Gasteiger charge is 2.24. The highest BCUT2D eigenvalue weighted by Crippen LogP contribution is 2.31. The van der Waals surface area contributed by atoms with Gasteiger partial charge in [0.15, 0.2) is 0 Å². The second-order valence-corrected chi connectivity index (χ2v) is 3.55. The molecule has 0 amide bonds. The molecule has 0 rings (SSSR count). The largest absolute Gasteiger partial charge is 0.382 e. The molecule has 0 aliphatic heterocycles. The van der Waals surface area contributed by atoms with Crippen molar-refractivity contribution in [2.24, 2.45) is 5.41 Å². The minimum absolute atomic E-state index is 0.316. The van der Waals surface area contributed by atoms with Crippen LogP contribution in [-0.4, -0.2) is 19.1 Å². The van der Waals surface area contributed by atoms with Gasteiger partial charge >= 0.3 is 0 Å². The molecular formula is C10H21ClO. The van der Waals surface area contributed by atoms with E-state index in [2.05, 4.69) is 13.8 Å². The van der Waals surface area contributed by atoms with Crippen molar-refractivity contribution in [3.63, 3.8) is 0 Å². The summed E-state index contributed by atoms with van der Waals surface area (Å²) in [5, 5.41) is 0. The molecule has 2 heteroatoms. The first-order valence-electron chi connectivity index (χ1n) is 4.88. The third-order valence-electron chi connectivity index (χ3n) is 2.76. The topological polar surface area (TPSA) is 9.23 Å². The van der Waals surface area contributed by atoms with Gasteiger partial charge in [0.05, 0.1) is 0 Å². The van der Waals surface area contributed by atoms with Gasteiger partial charge in [-0.05, 0) is 31.6 Å². The fourth-order valence-electron chi connectivity index (χ4n) is 1.29. The van der Waals surface area contributed by atoms with Crippen LogP contribution in [0.1, 0.15) is 40.0 Å². The van der Waals surface area contributed by atoms with E-state index in [0.29, 0.717) is 5.41 Å². The monoisotopic (exact) mass is 192 g/mol. The van der Waals surface area contributed by atoms with E-state index < -0.39 is 0 Å². The molecule has 0 aromatic heterocycles. The number of halogens is 1. The van der Waals surface area contributed by atoms with Crippen molar-refractivity contribution < 1.29 is 4.74 Å². The van der Waals surface area contributed by atoms with Crippen molar-refractivity contribution in [3.8, 4) is 0 Å². The van der Waals surface area contributed by atoms with Crippen molar-refractivity contribution in [1.82, 2.24) is 0 Å². The third-order valence-corrected chi connectivity index (χ3v) is 3.33. The number of alkyl halides is 1. The van der Waals surface area contributed by atoms with Gasteiger partial charge in [-0.2, -0.15) is 0 Å². The number of hydrogen-bond acceptors (Lipinski definition) is 1. The smallest absolute Gasteiger partial charge is 0.0471 e. The van der Waals surface area contributed by atoms with E-state index in [9.17, 15) is 0 Å². The van der Waals surface area contributed by atoms with Gasteiger partial charge < -0.3 is 4.74 Å². The Labute approximate surface area is 81.4 Å². The van der Waals surface area contributed by atoms with Crippen molar-refractivity contribution in [2.75, 3.05) is 19.1 Å². The molecule has 0 saturated carbocycles. The van der Waals surface area contributed by atoms with E-state index in [-0.39, 0.29) is 0 Å². The van der Waals surface area contributed by atoms with Crippen molar-refractivity contribution >= 4 is 11.6 Å². The lowest BCUT2D eigenvalue weighted by atomic mass is 9.81. The Morgan fingerprint density at radius 2 is 1.75 bits per heavy atom. The Kier molecular flexibility index (Phi) is 6.87. The molecule has 0 atom stereocenters. The molecule has 12 heavy (non-hydrogen) atoms. The summed E-state index contributed by atoms with van der Waals surface area (Å²) in [5.41, 5.74) is 0.316. The van der Waals surface area contributed by atoms with E-state index in [1.54, 1.807) is 0 Å². The first-order chi connectivity index (χ1) is 5.74. The predicted octanol–water partition coefficient (Wildman–Crippen LogP) is 3.46. The van der Waals surface area contributed by atoms with Crippen LogP contribution in [0.5, 0.6) is 0 Å². The number of rotatable bonds is 7. The lowest BCUT2D eigenvalue weighted by molar-refractivity contribution is 0.106. The first kappa shape index (κ1) is 12.2. The van der Waals surface area contributed by atoms with Crippen LogP contribution in [0, 0.1) is 5.41 Å². The zero-order chi connectivity index (χ0) is 9.45. The van der Waals surface area contributed by atoms with Crippen LogP contribution < -0.4 is 0 Å². The molecular weight excluding hydrogens is 172 g/mol. The zero-order valence-corrected chi connectivity index (χ0v) is 9.28. The van der Waals surface area contributed by atoms with E-state index in [4.69, 9.17) is 16.3 Å². The molecule has 0 aromatic rings. The van der Waals surface area contributed by atoms with Gasteiger partial charge in [-0.15, -0.1) is 11.6 Å². The summed E-state index contributed by atoms with van der Waals surface area (Å²) in [6.45, 7) is 8.10. The molecule has 0 N–H and O–H groups in total. The van der Waals surface area contributed by atoms with Gasteiger partial charge in [-0.1, -0.05) is 13.8 Å². The maximum Gasteiger partial charge on any atom is 0.0471 e. The summed E-state index contributed by atoms with van der Waals surface area (Å²) < 4.78 is 5.34. The highest BCUT2D eigenvalue weighted by atomic mass is 35.5. The molecule has 0 saturated heterocycles. The van der Waals surface area contributed by atoms with Crippen LogP contribution in [0.25, 0.3) is 0 Å². The SMILES string of the molecule is CCOCCC(CC)(CC)CCl. The average molecular weight is 193 g/mol. The van der Waals surface area contributed by atoms with Crippen LogP contribution >= 0.6 is 11.6 Å². The number of hydrogen-bond donors (Lipinski definition) is 0. The zero-order valence-electron chi connectivity index (χ0n) is 8.53. The fourth-order valence-corrected chi connectivity index (χ4v) is 1.80. The van der Waals surface area contributed by atoms with Crippen LogP contribution in [-0.2, 0) is 4.74 Å². The minimum Gasteiger partial charge on any atom is -0.382 e. The molecule has 0 aliphatic carbocycles. The lowest BCUT2D eigenvalue weighted by Gasteiger charge is -2.28. The van der Waals surface area contributed by atoms with E-state index in [1.165, 1.54) is 0 Å². The molecule has 0 bridgehead atoms. The first-order valence-corrected chi connectivity index (χ1v) is 5.41. The lowest BCUT2D eigenvalue weighted by Crippen LogP contribution is -2.23. The minimum atomic E-state index is 0.316. The summed E-state index contributed by atoms with van der Waals surface area (Å²) >= 11 is 5.95. The molecule has 0 unspecified atom stereocenters. The second-order valence-electron chi connectivity index (χ2n) is 3.29. The fraction of sp³-hybridized carbons (Fsp3) is 1.00. The summed E-state index contributed by atoms with van der Waals surface area (Å²) in [7, 11) is 0. The van der Waals surface area contributed by atoms with Gasteiger partial charge in [0, 0.05) is 19.1 Å². The summed E-state index contributed by atoms with van der Waals surface area (Å²) in [6, 6.07) is 0. The molecule has 0 fully saturated rings. The van der Waals surface area contributed by atoms with E-state index >= 15 is 0 Å². The van der Waals surface area contributed by atoms with Crippen molar-refractivity contribution in [1.29, 1.82) is 0 Å². The van der Waals surface area contributed by atoms with Crippen molar-refractivity contribution in [2.45, 2.75) is 40.0 Å². The highest BCUT2D eigenvalue weighted by molar-refractivity contribution is 6.18. The van der Waals surface area contributed by atoms with Crippen LogP contribution in [0.3, 0.4) is 0 Å². The Bertz CT molecular complexity index is 91.7. The normalized spacial score (nSPS) is 12.0. The van der Waals surface area contributed by atoms with E-state index in [0.717, 1.165) is 38.4 Å². The van der Waals surface area contributed by atoms with E-state index in [1.807, 2.05) is 6.92 Å². The quantitative estimate of drug-likeness (QED) is 0.444. The Hall–Kier alpha value is 0.250. The van der Waals surface area contributed by atoms with Gasteiger partial charge in [0.1, 0.15) is 0 Å². The third kappa shape index (κ3) is 3.77.